The lowest BCUT2D eigenvalue weighted by molar-refractivity contribution is -0.137. The summed E-state index contributed by atoms with van der Waals surface area (Å²) in [5.74, 6) is -0.784. The van der Waals surface area contributed by atoms with E-state index in [4.69, 9.17) is 5.73 Å². The van der Waals surface area contributed by atoms with Crippen molar-refractivity contribution in [3.63, 3.8) is 0 Å². The normalized spacial score (nSPS) is 11.3. The molecule has 0 aliphatic heterocycles. The number of hydrogen-bond donors (Lipinski definition) is 2. The van der Waals surface area contributed by atoms with Gasteiger partial charge in [0.2, 0.25) is 5.91 Å². The molecule has 0 radical (unpaired) electrons. The quantitative estimate of drug-likeness (QED) is 0.751. The highest BCUT2D eigenvalue weighted by Gasteiger charge is 2.31. The first-order valence-electron chi connectivity index (χ1n) is 6.75. The second-order valence-corrected chi connectivity index (χ2v) is 4.86. The number of nitrogens with two attached hydrogens (primary N) is 1. The predicted molar refractivity (Wildman–Crippen MR) is 81.1 cm³/mol. The number of allylic oxidation sites excluding steroid dienone is 2. The second kappa shape index (κ2) is 7.79. The Hall–Kier alpha value is -2.08. The number of carbonyl (C=O) groups excluding carboxylic acids is 1. The third-order valence-electron chi connectivity index (χ3n) is 3.10. The van der Waals surface area contributed by atoms with E-state index in [0.717, 1.165) is 12.1 Å². The minimum absolute atomic E-state index is 0.0461. The van der Waals surface area contributed by atoms with E-state index >= 15 is 0 Å². The number of nitrogens with one attached hydrogen (secondary N) is 1. The first-order valence-corrected chi connectivity index (χ1v) is 6.75. The van der Waals surface area contributed by atoms with Crippen LogP contribution in [0.1, 0.15) is 24.0 Å². The molecule has 22 heavy (non-hydrogen) atoms. The van der Waals surface area contributed by atoms with Crippen molar-refractivity contribution in [2.75, 3.05) is 5.32 Å². The Morgan fingerprint density at radius 3 is 2.27 bits per heavy atom. The fourth-order valence-electron chi connectivity index (χ4n) is 2.00. The van der Waals surface area contributed by atoms with E-state index in [1.165, 1.54) is 6.07 Å². The third-order valence-corrected chi connectivity index (χ3v) is 3.10. The first kappa shape index (κ1) is 18.0. The van der Waals surface area contributed by atoms with Crippen LogP contribution < -0.4 is 11.1 Å². The maximum Gasteiger partial charge on any atom is 0.416 e. The summed E-state index contributed by atoms with van der Waals surface area (Å²) in [7, 11) is 0. The number of carbonyl (C=O) groups is 1. The van der Waals surface area contributed by atoms with Gasteiger partial charge < -0.3 is 11.1 Å². The zero-order valence-electron chi connectivity index (χ0n) is 12.1. The summed E-state index contributed by atoms with van der Waals surface area (Å²) in [6, 6.07) is 3.31. The molecule has 0 saturated heterocycles. The van der Waals surface area contributed by atoms with E-state index in [9.17, 15) is 18.0 Å². The molecular weight excluding hydrogens is 293 g/mol. The highest BCUT2D eigenvalue weighted by Crippen LogP contribution is 2.32. The molecule has 0 heterocycles. The van der Waals surface area contributed by atoms with Crippen LogP contribution in [0.4, 0.5) is 18.9 Å². The third kappa shape index (κ3) is 5.04. The van der Waals surface area contributed by atoms with Gasteiger partial charge in [-0.1, -0.05) is 12.2 Å². The SMILES string of the molecule is C=CCC(CC=C)C(=O)Nc1cc(CN)cc(C(F)(F)F)c1. The number of anilines is 1. The molecule has 1 rings (SSSR count). The van der Waals surface area contributed by atoms with Crippen LogP contribution in [-0.4, -0.2) is 5.91 Å². The largest absolute Gasteiger partial charge is 0.416 e. The molecule has 3 nitrogen and oxygen atoms in total. The maximum atomic E-state index is 12.8. The molecule has 0 bridgehead atoms. The van der Waals surface area contributed by atoms with Crippen LogP contribution in [0.3, 0.4) is 0 Å². The van der Waals surface area contributed by atoms with Crippen molar-refractivity contribution in [2.45, 2.75) is 25.6 Å². The van der Waals surface area contributed by atoms with Gasteiger partial charge in [0.05, 0.1) is 5.56 Å². The van der Waals surface area contributed by atoms with Crippen molar-refractivity contribution in [3.05, 3.63) is 54.6 Å². The Labute approximate surface area is 127 Å². The number of alkyl halides is 3. The standard InChI is InChI=1S/C16H19F3N2O/c1-3-5-12(6-4-2)15(22)21-14-8-11(10-20)7-13(9-14)16(17,18)19/h3-4,7-9,12H,1-2,5-6,10,20H2,(H,21,22). The molecular formula is C16H19F3N2O. The summed E-state index contributed by atoms with van der Waals surface area (Å²) in [6.07, 6.45) is -0.482. The van der Waals surface area contributed by atoms with Gasteiger partial charge in [-0.25, -0.2) is 0 Å². The van der Waals surface area contributed by atoms with Crippen LogP contribution in [0.2, 0.25) is 0 Å². The molecule has 0 aromatic heterocycles. The molecule has 1 aromatic carbocycles. The molecule has 1 aromatic rings. The van der Waals surface area contributed by atoms with Crippen molar-refractivity contribution in [1.29, 1.82) is 0 Å². The highest BCUT2D eigenvalue weighted by atomic mass is 19.4. The average molecular weight is 312 g/mol. The van der Waals surface area contributed by atoms with Gasteiger partial charge in [0.25, 0.3) is 0 Å². The van der Waals surface area contributed by atoms with Crippen molar-refractivity contribution in [3.8, 4) is 0 Å². The molecule has 0 aliphatic carbocycles. The monoisotopic (exact) mass is 312 g/mol. The summed E-state index contributed by atoms with van der Waals surface area (Å²) < 4.78 is 38.5. The van der Waals surface area contributed by atoms with Gasteiger partial charge >= 0.3 is 6.18 Å². The summed E-state index contributed by atoms with van der Waals surface area (Å²) in [5.41, 5.74) is 4.95. The van der Waals surface area contributed by atoms with E-state index < -0.39 is 17.7 Å². The van der Waals surface area contributed by atoms with Crippen molar-refractivity contribution >= 4 is 11.6 Å². The Kier molecular flexibility index (Phi) is 6.37. The molecule has 0 atom stereocenters. The molecule has 0 aliphatic rings. The molecule has 6 heteroatoms. The first-order chi connectivity index (χ1) is 10.3. The highest BCUT2D eigenvalue weighted by molar-refractivity contribution is 5.93. The topological polar surface area (TPSA) is 55.1 Å². The van der Waals surface area contributed by atoms with Crippen LogP contribution >= 0.6 is 0 Å². The molecule has 1 amide bonds. The maximum absolute atomic E-state index is 12.8. The lowest BCUT2D eigenvalue weighted by atomic mass is 10.00. The van der Waals surface area contributed by atoms with E-state index in [2.05, 4.69) is 18.5 Å². The van der Waals surface area contributed by atoms with E-state index in [0.29, 0.717) is 18.4 Å². The second-order valence-electron chi connectivity index (χ2n) is 4.86. The van der Waals surface area contributed by atoms with Gasteiger partial charge in [-0.2, -0.15) is 13.2 Å². The molecule has 3 N–H and O–H groups in total. The van der Waals surface area contributed by atoms with Gasteiger partial charge in [-0.05, 0) is 36.6 Å². The molecule has 0 fully saturated rings. The summed E-state index contributed by atoms with van der Waals surface area (Å²) in [6.45, 7) is 7.09. The van der Waals surface area contributed by atoms with Crippen molar-refractivity contribution < 1.29 is 18.0 Å². The number of hydrogen-bond acceptors (Lipinski definition) is 2. The van der Waals surface area contributed by atoms with E-state index in [1.807, 2.05) is 0 Å². The number of amides is 1. The van der Waals surface area contributed by atoms with Crippen molar-refractivity contribution in [1.82, 2.24) is 0 Å². The summed E-state index contributed by atoms with van der Waals surface area (Å²) in [5, 5.41) is 2.51. The van der Waals surface area contributed by atoms with Gasteiger partial charge in [-0.15, -0.1) is 13.2 Å². The minimum Gasteiger partial charge on any atom is -0.326 e. The van der Waals surface area contributed by atoms with Crippen LogP contribution in [0.15, 0.2) is 43.5 Å². The molecule has 0 unspecified atom stereocenters. The van der Waals surface area contributed by atoms with Gasteiger partial charge in [0, 0.05) is 18.2 Å². The Bertz CT molecular complexity index is 543. The number of rotatable bonds is 7. The lowest BCUT2D eigenvalue weighted by Gasteiger charge is -2.16. The Morgan fingerprint density at radius 2 is 1.82 bits per heavy atom. The zero-order valence-corrected chi connectivity index (χ0v) is 12.1. The van der Waals surface area contributed by atoms with Crippen LogP contribution in [0.5, 0.6) is 0 Å². The summed E-state index contributed by atoms with van der Waals surface area (Å²) >= 11 is 0. The van der Waals surface area contributed by atoms with Crippen LogP contribution in [-0.2, 0) is 17.5 Å². The fraction of sp³-hybridized carbons (Fsp3) is 0.312. The van der Waals surface area contributed by atoms with E-state index in [1.54, 1.807) is 12.2 Å². The minimum atomic E-state index is -4.49. The predicted octanol–water partition coefficient (Wildman–Crippen LogP) is 3.87. The van der Waals surface area contributed by atoms with Gasteiger partial charge in [0.15, 0.2) is 0 Å². The molecule has 0 saturated carbocycles. The number of halogens is 3. The fourth-order valence-corrected chi connectivity index (χ4v) is 2.00. The molecule has 120 valence electrons. The van der Waals surface area contributed by atoms with Gasteiger partial charge in [0.1, 0.15) is 0 Å². The average Bonchev–Trinajstić information content (AvgIpc) is 2.45. The lowest BCUT2D eigenvalue weighted by Crippen LogP contribution is -2.22. The molecule has 0 spiro atoms. The zero-order chi connectivity index (χ0) is 16.8. The van der Waals surface area contributed by atoms with Gasteiger partial charge in [-0.3, -0.25) is 4.79 Å². The smallest absolute Gasteiger partial charge is 0.326 e. The van der Waals surface area contributed by atoms with Crippen LogP contribution in [0, 0.1) is 5.92 Å². The van der Waals surface area contributed by atoms with Crippen LogP contribution in [0.25, 0.3) is 0 Å². The van der Waals surface area contributed by atoms with Crippen molar-refractivity contribution in [2.24, 2.45) is 11.7 Å². The number of benzene rings is 1. The summed E-state index contributed by atoms with van der Waals surface area (Å²) in [4.78, 5) is 12.1. The Balaban J connectivity index is 3.03. The van der Waals surface area contributed by atoms with E-state index in [-0.39, 0.29) is 18.1 Å². The Morgan fingerprint density at radius 1 is 1.23 bits per heavy atom.